The lowest BCUT2D eigenvalue weighted by atomic mass is 9.96. The second-order valence-electron chi connectivity index (χ2n) is 4.88. The Labute approximate surface area is 98.6 Å². The van der Waals surface area contributed by atoms with Crippen LogP contribution in [0.1, 0.15) is 26.7 Å². The van der Waals surface area contributed by atoms with Crippen molar-refractivity contribution in [1.29, 1.82) is 0 Å². The molecule has 0 aliphatic carbocycles. The van der Waals surface area contributed by atoms with Crippen LogP contribution in [0.25, 0.3) is 0 Å². The van der Waals surface area contributed by atoms with Gasteiger partial charge in [-0.15, -0.1) is 0 Å². The highest BCUT2D eigenvalue weighted by molar-refractivity contribution is 4.81. The fraction of sp³-hybridized carbons (Fsp3) is 1.00. The van der Waals surface area contributed by atoms with Gasteiger partial charge in [0.05, 0.1) is 31.5 Å². The molecule has 1 N–H and O–H groups in total. The third-order valence-electron chi connectivity index (χ3n) is 3.27. The molecule has 1 rings (SSSR count). The lowest BCUT2D eigenvalue weighted by Gasteiger charge is -2.32. The highest BCUT2D eigenvalue weighted by Crippen LogP contribution is 2.19. The minimum atomic E-state index is -0.0649. The standard InChI is InChI=1S/C12H25NO3/c1-12(2,14-4)6-5-10(13-3)11-9-15-7-8-16-11/h10-11,13H,5-9H2,1-4H3. The van der Waals surface area contributed by atoms with Gasteiger partial charge >= 0.3 is 0 Å². The summed E-state index contributed by atoms with van der Waals surface area (Å²) >= 11 is 0. The van der Waals surface area contributed by atoms with Crippen LogP contribution in [0.3, 0.4) is 0 Å². The molecule has 0 spiro atoms. The van der Waals surface area contributed by atoms with Gasteiger partial charge in [-0.3, -0.25) is 0 Å². The first-order valence-electron chi connectivity index (χ1n) is 6.01. The fourth-order valence-corrected chi connectivity index (χ4v) is 1.86. The number of ether oxygens (including phenoxy) is 3. The van der Waals surface area contributed by atoms with Crippen LogP contribution in [-0.4, -0.2) is 51.7 Å². The molecule has 0 radical (unpaired) electrons. The molecular formula is C12H25NO3. The highest BCUT2D eigenvalue weighted by Gasteiger charge is 2.26. The van der Waals surface area contributed by atoms with E-state index in [1.165, 1.54) is 0 Å². The van der Waals surface area contributed by atoms with Crippen LogP contribution in [0.15, 0.2) is 0 Å². The van der Waals surface area contributed by atoms with Crippen molar-refractivity contribution >= 4 is 0 Å². The zero-order chi connectivity index (χ0) is 12.0. The zero-order valence-electron chi connectivity index (χ0n) is 10.9. The van der Waals surface area contributed by atoms with Gasteiger partial charge in [0.25, 0.3) is 0 Å². The van der Waals surface area contributed by atoms with Gasteiger partial charge in [0.2, 0.25) is 0 Å². The summed E-state index contributed by atoms with van der Waals surface area (Å²) in [6.07, 6.45) is 2.21. The summed E-state index contributed by atoms with van der Waals surface area (Å²) < 4.78 is 16.5. The maximum Gasteiger partial charge on any atom is 0.0962 e. The van der Waals surface area contributed by atoms with Crippen molar-refractivity contribution in [3.63, 3.8) is 0 Å². The zero-order valence-corrected chi connectivity index (χ0v) is 10.9. The third kappa shape index (κ3) is 4.37. The average molecular weight is 231 g/mol. The van der Waals surface area contributed by atoms with Gasteiger partial charge < -0.3 is 19.5 Å². The largest absolute Gasteiger partial charge is 0.379 e. The average Bonchev–Trinajstić information content (AvgIpc) is 2.31. The van der Waals surface area contributed by atoms with Crippen LogP contribution >= 0.6 is 0 Å². The van der Waals surface area contributed by atoms with Gasteiger partial charge in [-0.05, 0) is 33.7 Å². The Morgan fingerprint density at radius 2 is 2.19 bits per heavy atom. The van der Waals surface area contributed by atoms with Crippen molar-refractivity contribution in [2.24, 2.45) is 0 Å². The number of hydrogen-bond acceptors (Lipinski definition) is 4. The van der Waals surface area contributed by atoms with Crippen LogP contribution in [-0.2, 0) is 14.2 Å². The van der Waals surface area contributed by atoms with E-state index in [4.69, 9.17) is 14.2 Å². The molecule has 2 unspecified atom stereocenters. The molecule has 0 aromatic carbocycles. The second kappa shape index (κ2) is 6.55. The monoisotopic (exact) mass is 231 g/mol. The molecule has 0 bridgehead atoms. The first-order valence-corrected chi connectivity index (χ1v) is 6.01. The van der Waals surface area contributed by atoms with Crippen molar-refractivity contribution in [2.45, 2.75) is 44.4 Å². The summed E-state index contributed by atoms with van der Waals surface area (Å²) in [7, 11) is 3.73. The van der Waals surface area contributed by atoms with Gasteiger partial charge in [-0.2, -0.15) is 0 Å². The van der Waals surface area contributed by atoms with Gasteiger partial charge in [0.1, 0.15) is 0 Å². The Morgan fingerprint density at radius 1 is 1.44 bits per heavy atom. The summed E-state index contributed by atoms with van der Waals surface area (Å²) in [6, 6.07) is 0.342. The van der Waals surface area contributed by atoms with E-state index in [-0.39, 0.29) is 11.7 Å². The molecule has 4 nitrogen and oxygen atoms in total. The third-order valence-corrected chi connectivity index (χ3v) is 3.27. The number of hydrogen-bond donors (Lipinski definition) is 1. The molecule has 0 aromatic rings. The van der Waals surface area contributed by atoms with E-state index in [2.05, 4.69) is 19.2 Å². The quantitative estimate of drug-likeness (QED) is 0.745. The van der Waals surface area contributed by atoms with Crippen LogP contribution < -0.4 is 5.32 Å². The summed E-state index contributed by atoms with van der Waals surface area (Å²) in [6.45, 7) is 6.34. The molecule has 1 aliphatic rings. The summed E-state index contributed by atoms with van der Waals surface area (Å²) in [4.78, 5) is 0. The van der Waals surface area contributed by atoms with E-state index < -0.39 is 0 Å². The Bertz CT molecular complexity index is 191. The van der Waals surface area contributed by atoms with Gasteiger partial charge in [-0.25, -0.2) is 0 Å². The Balaban J connectivity index is 2.36. The molecule has 2 atom stereocenters. The van der Waals surface area contributed by atoms with Crippen molar-refractivity contribution in [3.8, 4) is 0 Å². The van der Waals surface area contributed by atoms with Crippen molar-refractivity contribution in [1.82, 2.24) is 5.32 Å². The maximum atomic E-state index is 5.70. The van der Waals surface area contributed by atoms with Crippen LogP contribution in [0.4, 0.5) is 0 Å². The van der Waals surface area contributed by atoms with Crippen molar-refractivity contribution in [2.75, 3.05) is 34.0 Å². The van der Waals surface area contributed by atoms with E-state index >= 15 is 0 Å². The predicted octanol–water partition coefficient (Wildman–Crippen LogP) is 1.19. The lowest BCUT2D eigenvalue weighted by molar-refractivity contribution is -0.104. The number of methoxy groups -OCH3 is 1. The lowest BCUT2D eigenvalue weighted by Crippen LogP contribution is -2.46. The smallest absolute Gasteiger partial charge is 0.0962 e. The molecule has 4 heteroatoms. The number of rotatable bonds is 6. The maximum absolute atomic E-state index is 5.70. The first kappa shape index (κ1) is 13.9. The van der Waals surface area contributed by atoms with Crippen LogP contribution in [0, 0.1) is 0 Å². The Morgan fingerprint density at radius 3 is 2.69 bits per heavy atom. The molecule has 96 valence electrons. The van der Waals surface area contributed by atoms with Gasteiger partial charge in [-0.1, -0.05) is 0 Å². The minimum Gasteiger partial charge on any atom is -0.379 e. The molecule has 0 saturated carbocycles. The molecule has 1 aliphatic heterocycles. The van der Waals surface area contributed by atoms with E-state index in [1.807, 2.05) is 7.05 Å². The van der Waals surface area contributed by atoms with E-state index in [0.29, 0.717) is 19.3 Å². The van der Waals surface area contributed by atoms with E-state index in [0.717, 1.165) is 19.4 Å². The molecule has 1 fully saturated rings. The van der Waals surface area contributed by atoms with Crippen LogP contribution in [0.5, 0.6) is 0 Å². The molecule has 1 saturated heterocycles. The minimum absolute atomic E-state index is 0.0649. The van der Waals surface area contributed by atoms with Crippen LogP contribution in [0.2, 0.25) is 0 Å². The Kier molecular flexibility index (Phi) is 5.69. The topological polar surface area (TPSA) is 39.7 Å². The Hall–Kier alpha value is -0.160. The van der Waals surface area contributed by atoms with Crippen molar-refractivity contribution in [3.05, 3.63) is 0 Å². The van der Waals surface area contributed by atoms with Crippen molar-refractivity contribution < 1.29 is 14.2 Å². The summed E-state index contributed by atoms with van der Waals surface area (Å²) in [5.41, 5.74) is -0.0649. The SMILES string of the molecule is CNC(CCC(C)(C)OC)C1COCCO1. The number of likely N-dealkylation sites (N-methyl/N-ethyl adjacent to an activating group) is 1. The normalized spacial score (nSPS) is 24.4. The molecule has 0 amide bonds. The fourth-order valence-electron chi connectivity index (χ4n) is 1.86. The predicted molar refractivity (Wildman–Crippen MR) is 63.7 cm³/mol. The first-order chi connectivity index (χ1) is 7.59. The highest BCUT2D eigenvalue weighted by atomic mass is 16.6. The molecule has 1 heterocycles. The van der Waals surface area contributed by atoms with E-state index in [1.54, 1.807) is 7.11 Å². The van der Waals surface area contributed by atoms with Gasteiger partial charge in [0, 0.05) is 13.2 Å². The number of nitrogens with one attached hydrogen (secondary N) is 1. The molecular weight excluding hydrogens is 206 g/mol. The summed E-state index contributed by atoms with van der Waals surface area (Å²) in [5.74, 6) is 0. The molecule has 16 heavy (non-hydrogen) atoms. The van der Waals surface area contributed by atoms with E-state index in [9.17, 15) is 0 Å². The van der Waals surface area contributed by atoms with Gasteiger partial charge in [0.15, 0.2) is 0 Å². The summed E-state index contributed by atoms with van der Waals surface area (Å²) in [5, 5.41) is 3.31. The second-order valence-corrected chi connectivity index (χ2v) is 4.88. The molecule has 0 aromatic heterocycles.